The molecule has 4 aromatic heterocycles. The highest BCUT2D eigenvalue weighted by atomic mass is 16.1. The van der Waals surface area contributed by atoms with Crippen LogP contribution in [0.5, 0.6) is 0 Å². The van der Waals surface area contributed by atoms with Gasteiger partial charge in [-0.05, 0) is 97.1 Å². The lowest BCUT2D eigenvalue weighted by Crippen LogP contribution is -2.15. The van der Waals surface area contributed by atoms with Crippen molar-refractivity contribution < 1.29 is 0 Å². The molecule has 0 radical (unpaired) electrons. The van der Waals surface area contributed by atoms with Crippen LogP contribution in [0.4, 0.5) is 34.1 Å². The molecule has 0 saturated heterocycles. The number of hydrogen-bond acceptors (Lipinski definition) is 4. The van der Waals surface area contributed by atoms with Gasteiger partial charge in [-0.15, -0.1) is 0 Å². The van der Waals surface area contributed by atoms with E-state index in [9.17, 15) is 0 Å². The molecule has 62 heavy (non-hydrogen) atoms. The molecule has 0 aliphatic carbocycles. The Balaban J connectivity index is 1.19. The van der Waals surface area contributed by atoms with Crippen LogP contribution in [-0.4, -0.2) is 8.80 Å². The number of fused-ring (bicyclic) bond motifs is 10. The predicted octanol–water partition coefficient (Wildman–Crippen LogP) is 13.6. The number of para-hydroxylation sites is 6. The van der Waals surface area contributed by atoms with E-state index in [2.05, 4.69) is 116 Å². The molecular formula is C56H34N4O2. The van der Waals surface area contributed by atoms with E-state index < -0.39 is 0 Å². The molecule has 13 rings (SSSR count). The molecule has 0 fully saturated rings. The van der Waals surface area contributed by atoms with Crippen LogP contribution in [-0.2, 0) is 0 Å². The zero-order chi connectivity index (χ0) is 41.1. The van der Waals surface area contributed by atoms with E-state index in [0.717, 1.165) is 88.8 Å². The van der Waals surface area contributed by atoms with Crippen LogP contribution < -0.4 is 20.7 Å². The lowest BCUT2D eigenvalue weighted by atomic mass is 10.0. The molecule has 0 spiro atoms. The van der Waals surface area contributed by atoms with Crippen molar-refractivity contribution in [2.24, 2.45) is 0 Å². The zero-order valence-electron chi connectivity index (χ0n) is 33.2. The Morgan fingerprint density at radius 2 is 0.629 bits per heavy atom. The van der Waals surface area contributed by atoms with Gasteiger partial charge in [0.15, 0.2) is 10.9 Å². The van der Waals surface area contributed by atoms with Crippen LogP contribution in [0.15, 0.2) is 216 Å². The van der Waals surface area contributed by atoms with Gasteiger partial charge in [0.25, 0.3) is 0 Å². The van der Waals surface area contributed by atoms with Crippen molar-refractivity contribution >= 4 is 110 Å². The maximum Gasteiger partial charge on any atom is 0.199 e. The largest absolute Gasteiger partial charge is 0.310 e. The number of pyridine rings is 2. The standard InChI is InChI=1S/C56H34N4O2/c61-55-41-25-13-15-27-45(41)59-49-34-50-44(33-43(49)39-29-31-47(51(55)53(39)59)57(35-17-5-1-6-18-35)36-19-7-2-8-20-36)40-30-32-48(52-54(40)60(50)46-28-16-14-26-42(46)56(52)62)58(37-21-9-3-10-22-37)38-23-11-4-12-24-38/h1-34H. The second-order valence-corrected chi connectivity index (χ2v) is 16.0. The van der Waals surface area contributed by atoms with Gasteiger partial charge >= 0.3 is 0 Å². The van der Waals surface area contributed by atoms with Gasteiger partial charge in [-0.3, -0.25) is 9.59 Å². The van der Waals surface area contributed by atoms with Crippen molar-refractivity contribution in [1.82, 2.24) is 8.80 Å². The summed E-state index contributed by atoms with van der Waals surface area (Å²) < 4.78 is 4.58. The molecule has 290 valence electrons. The molecule has 0 aliphatic heterocycles. The highest BCUT2D eigenvalue weighted by Crippen LogP contribution is 2.47. The van der Waals surface area contributed by atoms with Crippen molar-refractivity contribution in [3.63, 3.8) is 0 Å². The summed E-state index contributed by atoms with van der Waals surface area (Å²) in [5, 5.41) is 6.68. The number of benzene rings is 9. The Kier molecular flexibility index (Phi) is 7.22. The van der Waals surface area contributed by atoms with E-state index in [4.69, 9.17) is 0 Å². The lowest BCUT2D eigenvalue weighted by Gasteiger charge is -2.26. The number of anilines is 6. The van der Waals surface area contributed by atoms with Crippen molar-refractivity contribution in [1.29, 1.82) is 0 Å². The van der Waals surface area contributed by atoms with Gasteiger partial charge in [-0.25, -0.2) is 0 Å². The van der Waals surface area contributed by atoms with Crippen molar-refractivity contribution in [2.45, 2.75) is 0 Å². The summed E-state index contributed by atoms with van der Waals surface area (Å²) in [6.07, 6.45) is 0. The Hall–Kier alpha value is -8.48. The van der Waals surface area contributed by atoms with Gasteiger partial charge in [0.1, 0.15) is 0 Å². The van der Waals surface area contributed by atoms with Gasteiger partial charge in [0.2, 0.25) is 0 Å². The third kappa shape index (κ3) is 4.69. The topological polar surface area (TPSA) is 49.4 Å². The van der Waals surface area contributed by atoms with Crippen LogP contribution >= 0.6 is 0 Å². The zero-order valence-corrected chi connectivity index (χ0v) is 33.2. The fraction of sp³-hybridized carbons (Fsp3) is 0. The molecule has 0 N–H and O–H groups in total. The Bertz CT molecular complexity index is 3680. The van der Waals surface area contributed by atoms with Gasteiger partial charge in [0.05, 0.1) is 55.2 Å². The monoisotopic (exact) mass is 794 g/mol. The second-order valence-electron chi connectivity index (χ2n) is 16.0. The summed E-state index contributed by atoms with van der Waals surface area (Å²) in [5.74, 6) is 0. The van der Waals surface area contributed by atoms with E-state index in [1.807, 2.05) is 109 Å². The van der Waals surface area contributed by atoms with E-state index in [-0.39, 0.29) is 10.9 Å². The first-order valence-corrected chi connectivity index (χ1v) is 20.9. The first-order valence-electron chi connectivity index (χ1n) is 20.9. The van der Waals surface area contributed by atoms with Crippen molar-refractivity contribution in [3.8, 4) is 0 Å². The minimum atomic E-state index is -0.00622. The molecule has 4 heterocycles. The minimum absolute atomic E-state index is 0.00622. The number of hydrogen-bond donors (Lipinski definition) is 0. The summed E-state index contributed by atoms with van der Waals surface area (Å²) in [6.45, 7) is 0. The average Bonchev–Trinajstić information content (AvgIpc) is 3.83. The summed E-state index contributed by atoms with van der Waals surface area (Å²) in [5.41, 5.74) is 10.9. The molecule has 0 bridgehead atoms. The summed E-state index contributed by atoms with van der Waals surface area (Å²) in [4.78, 5) is 34.5. The number of aromatic nitrogens is 2. The van der Waals surface area contributed by atoms with E-state index in [0.29, 0.717) is 21.5 Å². The predicted molar refractivity (Wildman–Crippen MR) is 258 cm³/mol. The van der Waals surface area contributed by atoms with Crippen LogP contribution in [0.3, 0.4) is 0 Å². The number of rotatable bonds is 6. The molecule has 6 heteroatoms. The molecule has 0 amide bonds. The van der Waals surface area contributed by atoms with Crippen LogP contribution in [0.25, 0.3) is 76.2 Å². The third-order valence-corrected chi connectivity index (χ3v) is 12.7. The van der Waals surface area contributed by atoms with Gasteiger partial charge in [-0.2, -0.15) is 0 Å². The van der Waals surface area contributed by atoms with Gasteiger partial charge in [0, 0.05) is 55.1 Å². The molecule has 0 aliphatic rings. The van der Waals surface area contributed by atoms with E-state index >= 15 is 9.59 Å². The SMILES string of the molecule is O=c1c2ccccc2n2c3cc4c(cc3c3ccc(N(c5ccccc5)c5ccccc5)c1c32)c1ccc(N(c2ccccc2)c2ccccc2)c2c(=O)c3ccccc3n4c21. The van der Waals surface area contributed by atoms with E-state index in [1.54, 1.807) is 0 Å². The molecular weight excluding hydrogens is 761 g/mol. The maximum atomic E-state index is 15.0. The van der Waals surface area contributed by atoms with Crippen LogP contribution in [0.2, 0.25) is 0 Å². The lowest BCUT2D eigenvalue weighted by molar-refractivity contribution is 1.28. The highest BCUT2D eigenvalue weighted by Gasteiger charge is 2.27. The molecule has 0 atom stereocenters. The van der Waals surface area contributed by atoms with E-state index in [1.165, 1.54) is 0 Å². The summed E-state index contributed by atoms with van der Waals surface area (Å²) in [7, 11) is 0. The number of nitrogens with zero attached hydrogens (tertiary/aromatic N) is 4. The Morgan fingerprint density at radius 1 is 0.290 bits per heavy atom. The Morgan fingerprint density at radius 3 is 1.00 bits per heavy atom. The molecule has 9 aromatic carbocycles. The van der Waals surface area contributed by atoms with Crippen molar-refractivity contribution in [3.05, 3.63) is 227 Å². The maximum absolute atomic E-state index is 15.0. The summed E-state index contributed by atoms with van der Waals surface area (Å²) >= 11 is 0. The fourth-order valence-electron chi connectivity index (χ4n) is 10.2. The smallest absolute Gasteiger partial charge is 0.199 e. The fourth-order valence-corrected chi connectivity index (χ4v) is 10.2. The van der Waals surface area contributed by atoms with Crippen molar-refractivity contribution in [2.75, 3.05) is 9.80 Å². The minimum Gasteiger partial charge on any atom is -0.310 e. The molecule has 6 nitrogen and oxygen atoms in total. The first kappa shape index (κ1) is 34.4. The van der Waals surface area contributed by atoms with Gasteiger partial charge < -0.3 is 18.6 Å². The second kappa shape index (κ2) is 13.0. The molecule has 0 saturated carbocycles. The third-order valence-electron chi connectivity index (χ3n) is 12.7. The summed E-state index contributed by atoms with van der Waals surface area (Å²) in [6, 6.07) is 70.0. The highest BCUT2D eigenvalue weighted by molar-refractivity contribution is 6.27. The van der Waals surface area contributed by atoms with Crippen LogP contribution in [0, 0.1) is 0 Å². The first-order chi connectivity index (χ1) is 30.7. The Labute approximate surface area is 354 Å². The molecule has 13 aromatic rings. The average molecular weight is 795 g/mol. The quantitative estimate of drug-likeness (QED) is 0.157. The van der Waals surface area contributed by atoms with Gasteiger partial charge in [-0.1, -0.05) is 109 Å². The normalized spacial score (nSPS) is 12.0. The van der Waals surface area contributed by atoms with Crippen LogP contribution in [0.1, 0.15) is 0 Å². The molecule has 0 unspecified atom stereocenters.